The molecule has 1 heterocycles. The molecule has 0 saturated heterocycles. The largest absolute Gasteiger partial charge is 0.461 e. The fraction of sp³-hybridized carbons (Fsp3) is 0.600. The molecule has 128 valence electrons. The lowest BCUT2D eigenvalue weighted by Gasteiger charge is -2.30. The van der Waals surface area contributed by atoms with Gasteiger partial charge < -0.3 is 14.5 Å². The smallest absolute Gasteiger partial charge is 0.357 e. The Hall–Kier alpha value is -1.96. The van der Waals surface area contributed by atoms with Crippen LogP contribution < -0.4 is 0 Å². The van der Waals surface area contributed by atoms with Crippen LogP contribution >= 0.6 is 11.3 Å². The van der Waals surface area contributed by atoms with Crippen molar-refractivity contribution in [1.29, 1.82) is 0 Å². The second-order valence-corrected chi connectivity index (χ2v) is 6.11. The van der Waals surface area contributed by atoms with E-state index >= 15 is 0 Å². The third kappa shape index (κ3) is 4.51. The van der Waals surface area contributed by atoms with E-state index in [0.29, 0.717) is 5.01 Å². The molecular weight excluding hydrogens is 318 g/mol. The van der Waals surface area contributed by atoms with Gasteiger partial charge in [-0.2, -0.15) is 0 Å². The SMILES string of the molecule is CCOC(=O)c1csc([C@H](C)N(C)C(=O)[C@H](C)N(C)C(C)=O)n1. The maximum absolute atomic E-state index is 12.5. The Labute approximate surface area is 140 Å². The fourth-order valence-corrected chi connectivity index (χ4v) is 2.76. The number of rotatable bonds is 6. The summed E-state index contributed by atoms with van der Waals surface area (Å²) in [6, 6.07) is -0.872. The Morgan fingerprint density at radius 2 is 1.87 bits per heavy atom. The molecule has 0 aliphatic heterocycles. The van der Waals surface area contributed by atoms with Crippen LogP contribution in [0.25, 0.3) is 0 Å². The first-order valence-electron chi connectivity index (χ1n) is 7.33. The molecule has 2 atom stereocenters. The molecule has 0 fully saturated rings. The van der Waals surface area contributed by atoms with E-state index in [9.17, 15) is 14.4 Å². The van der Waals surface area contributed by atoms with E-state index in [1.54, 1.807) is 33.3 Å². The number of nitrogens with zero attached hydrogens (tertiary/aromatic N) is 3. The number of ether oxygens (including phenoxy) is 1. The highest BCUT2D eigenvalue weighted by Gasteiger charge is 2.28. The van der Waals surface area contributed by atoms with Gasteiger partial charge >= 0.3 is 5.97 Å². The van der Waals surface area contributed by atoms with Crippen molar-refractivity contribution in [3.8, 4) is 0 Å². The Kier molecular flexibility index (Phi) is 6.68. The molecule has 0 aromatic carbocycles. The normalized spacial score (nSPS) is 13.1. The van der Waals surface area contributed by atoms with E-state index < -0.39 is 12.0 Å². The Morgan fingerprint density at radius 3 is 2.39 bits per heavy atom. The van der Waals surface area contributed by atoms with Crippen LogP contribution in [0.15, 0.2) is 5.38 Å². The van der Waals surface area contributed by atoms with Gasteiger partial charge in [0.25, 0.3) is 0 Å². The highest BCUT2D eigenvalue weighted by atomic mass is 32.1. The Balaban J connectivity index is 2.84. The average Bonchev–Trinajstić information content (AvgIpc) is 3.01. The van der Waals surface area contributed by atoms with Crippen molar-refractivity contribution in [2.24, 2.45) is 0 Å². The summed E-state index contributed by atoms with van der Waals surface area (Å²) in [6.07, 6.45) is 0. The molecule has 0 radical (unpaired) electrons. The molecule has 8 heteroatoms. The predicted molar refractivity (Wildman–Crippen MR) is 87.2 cm³/mol. The zero-order valence-electron chi connectivity index (χ0n) is 14.3. The lowest BCUT2D eigenvalue weighted by atomic mass is 10.2. The second kappa shape index (κ2) is 8.05. The van der Waals surface area contributed by atoms with Gasteiger partial charge in [-0.15, -0.1) is 11.3 Å². The highest BCUT2D eigenvalue weighted by molar-refractivity contribution is 7.09. The number of esters is 1. The quantitative estimate of drug-likeness (QED) is 0.736. The van der Waals surface area contributed by atoms with E-state index in [1.807, 2.05) is 6.92 Å². The summed E-state index contributed by atoms with van der Waals surface area (Å²) in [5, 5.41) is 2.26. The maximum Gasteiger partial charge on any atom is 0.357 e. The lowest BCUT2D eigenvalue weighted by Crippen LogP contribution is -2.46. The van der Waals surface area contributed by atoms with Crippen LogP contribution in [0.3, 0.4) is 0 Å². The predicted octanol–water partition coefficient (Wildman–Crippen LogP) is 1.71. The third-order valence-corrected chi connectivity index (χ3v) is 4.74. The molecule has 0 aliphatic carbocycles. The number of amides is 2. The van der Waals surface area contributed by atoms with Crippen molar-refractivity contribution in [1.82, 2.24) is 14.8 Å². The van der Waals surface area contributed by atoms with E-state index in [-0.39, 0.29) is 30.2 Å². The highest BCUT2D eigenvalue weighted by Crippen LogP contribution is 2.24. The first-order valence-corrected chi connectivity index (χ1v) is 8.21. The van der Waals surface area contributed by atoms with Gasteiger partial charge in [0.15, 0.2) is 5.69 Å². The molecule has 0 spiro atoms. The molecular formula is C15H23N3O4S. The topological polar surface area (TPSA) is 79.8 Å². The summed E-state index contributed by atoms with van der Waals surface area (Å²) in [7, 11) is 3.24. The van der Waals surface area contributed by atoms with Crippen molar-refractivity contribution < 1.29 is 19.1 Å². The van der Waals surface area contributed by atoms with Gasteiger partial charge in [-0.1, -0.05) is 0 Å². The summed E-state index contributed by atoms with van der Waals surface area (Å²) in [5.74, 6) is -0.838. The van der Waals surface area contributed by atoms with Crippen molar-refractivity contribution in [2.45, 2.75) is 39.8 Å². The van der Waals surface area contributed by atoms with E-state index in [1.165, 1.54) is 28.1 Å². The van der Waals surface area contributed by atoms with Gasteiger partial charge in [0.05, 0.1) is 12.6 Å². The second-order valence-electron chi connectivity index (χ2n) is 5.22. The van der Waals surface area contributed by atoms with Crippen LogP contribution in [0.5, 0.6) is 0 Å². The summed E-state index contributed by atoms with van der Waals surface area (Å²) in [6.45, 7) is 6.94. The van der Waals surface area contributed by atoms with Gasteiger partial charge in [0.2, 0.25) is 11.8 Å². The van der Waals surface area contributed by atoms with Crippen molar-refractivity contribution in [3.63, 3.8) is 0 Å². The summed E-state index contributed by atoms with van der Waals surface area (Å²) >= 11 is 1.30. The molecule has 1 rings (SSSR count). The van der Waals surface area contributed by atoms with Gasteiger partial charge in [-0.25, -0.2) is 9.78 Å². The molecule has 0 N–H and O–H groups in total. The van der Waals surface area contributed by atoms with Crippen LogP contribution in [-0.4, -0.2) is 59.3 Å². The molecule has 1 aromatic heterocycles. The molecule has 0 bridgehead atoms. The molecule has 1 aromatic rings. The van der Waals surface area contributed by atoms with Crippen LogP contribution in [-0.2, 0) is 14.3 Å². The Morgan fingerprint density at radius 1 is 1.26 bits per heavy atom. The van der Waals surface area contributed by atoms with Gasteiger partial charge in [-0.3, -0.25) is 9.59 Å². The van der Waals surface area contributed by atoms with Crippen molar-refractivity contribution in [2.75, 3.05) is 20.7 Å². The fourth-order valence-electron chi connectivity index (χ4n) is 1.87. The molecule has 0 aliphatic rings. The zero-order valence-corrected chi connectivity index (χ0v) is 15.1. The van der Waals surface area contributed by atoms with Crippen LogP contribution in [0.1, 0.15) is 49.2 Å². The number of hydrogen-bond acceptors (Lipinski definition) is 6. The number of thiazole rings is 1. The standard InChI is InChI=1S/C15H23N3O4S/c1-7-22-15(21)12-8-23-13(16-12)9(2)18(6)14(20)10(3)17(5)11(4)19/h8-10H,7H2,1-6H3/t9-,10-/m0/s1. The number of carbonyl (C=O) groups excluding carboxylic acids is 3. The maximum atomic E-state index is 12.5. The van der Waals surface area contributed by atoms with E-state index in [2.05, 4.69) is 4.98 Å². The van der Waals surface area contributed by atoms with Crippen LogP contribution in [0, 0.1) is 0 Å². The minimum absolute atomic E-state index is 0.175. The number of hydrogen-bond donors (Lipinski definition) is 0. The van der Waals surface area contributed by atoms with Gasteiger partial charge in [0.1, 0.15) is 11.0 Å². The van der Waals surface area contributed by atoms with Crippen molar-refractivity contribution >= 4 is 29.1 Å². The molecule has 7 nitrogen and oxygen atoms in total. The summed E-state index contributed by atoms with van der Waals surface area (Å²) in [4.78, 5) is 42.7. The monoisotopic (exact) mass is 341 g/mol. The van der Waals surface area contributed by atoms with E-state index in [4.69, 9.17) is 4.74 Å². The Bertz CT molecular complexity index is 587. The first-order chi connectivity index (χ1) is 10.7. The minimum atomic E-state index is -0.565. The van der Waals surface area contributed by atoms with Crippen LogP contribution in [0.4, 0.5) is 0 Å². The number of carbonyl (C=O) groups is 3. The molecule has 2 amide bonds. The number of aromatic nitrogens is 1. The van der Waals surface area contributed by atoms with Gasteiger partial charge in [0, 0.05) is 26.4 Å². The summed E-state index contributed by atoms with van der Waals surface area (Å²) in [5.41, 5.74) is 0.244. The van der Waals surface area contributed by atoms with Crippen LogP contribution in [0.2, 0.25) is 0 Å². The molecule has 23 heavy (non-hydrogen) atoms. The molecule has 0 unspecified atom stereocenters. The number of likely N-dealkylation sites (N-methyl/N-ethyl adjacent to an activating group) is 2. The summed E-state index contributed by atoms with van der Waals surface area (Å²) < 4.78 is 4.91. The minimum Gasteiger partial charge on any atom is -0.461 e. The van der Waals surface area contributed by atoms with E-state index in [0.717, 1.165) is 0 Å². The third-order valence-electron chi connectivity index (χ3n) is 3.73. The zero-order chi connectivity index (χ0) is 17.7. The van der Waals surface area contributed by atoms with Gasteiger partial charge in [-0.05, 0) is 20.8 Å². The van der Waals surface area contributed by atoms with Crippen molar-refractivity contribution in [3.05, 3.63) is 16.1 Å². The average molecular weight is 341 g/mol. The lowest BCUT2D eigenvalue weighted by molar-refractivity contribution is -0.143. The first kappa shape index (κ1) is 19.1. The molecule has 0 saturated carbocycles.